The Bertz CT molecular complexity index is 476. The summed E-state index contributed by atoms with van der Waals surface area (Å²) in [6.07, 6.45) is 5.37. The second-order valence-corrected chi connectivity index (χ2v) is 4.92. The fraction of sp³-hybridized carbons (Fsp3) is 0.200. The highest BCUT2D eigenvalue weighted by Crippen LogP contribution is 2.19. The third-order valence-electron chi connectivity index (χ3n) is 1.69. The minimum atomic E-state index is -3.54. The molecular weight excluding hydrogens is 234 g/mol. The average Bonchev–Trinajstić information content (AvgIpc) is 2.18. The lowest BCUT2D eigenvalue weighted by Crippen LogP contribution is -2.24. The van der Waals surface area contributed by atoms with Gasteiger partial charge in [0.2, 0.25) is 10.0 Å². The standard InChI is InChI=1S/C10H10ClNO2S/c1-2-3-8-12-15(13,14)10-7-5-4-6-9(10)11/h1,4-7,12H,3,8H2. The maximum atomic E-state index is 11.7. The van der Waals surface area contributed by atoms with Crippen LogP contribution in [0.25, 0.3) is 0 Å². The topological polar surface area (TPSA) is 46.2 Å². The molecule has 3 nitrogen and oxygen atoms in total. The van der Waals surface area contributed by atoms with E-state index in [1.807, 2.05) is 0 Å². The molecule has 0 unspecified atom stereocenters. The van der Waals surface area contributed by atoms with E-state index < -0.39 is 10.0 Å². The minimum absolute atomic E-state index is 0.0729. The molecule has 0 aliphatic heterocycles. The van der Waals surface area contributed by atoms with Gasteiger partial charge in [0, 0.05) is 13.0 Å². The van der Waals surface area contributed by atoms with Crippen LogP contribution in [0.2, 0.25) is 5.02 Å². The summed E-state index contributed by atoms with van der Waals surface area (Å²) >= 11 is 5.76. The summed E-state index contributed by atoms with van der Waals surface area (Å²) in [4.78, 5) is 0.0729. The Hall–Kier alpha value is -1.02. The molecule has 1 aromatic rings. The smallest absolute Gasteiger partial charge is 0.210 e. The molecule has 1 rings (SSSR count). The second kappa shape index (κ2) is 5.17. The van der Waals surface area contributed by atoms with Crippen LogP contribution in [-0.2, 0) is 10.0 Å². The molecule has 0 bridgehead atoms. The molecular formula is C10H10ClNO2S. The van der Waals surface area contributed by atoms with E-state index in [9.17, 15) is 8.42 Å². The number of terminal acetylenes is 1. The van der Waals surface area contributed by atoms with Crippen molar-refractivity contribution in [3.05, 3.63) is 29.3 Å². The van der Waals surface area contributed by atoms with Gasteiger partial charge in [0.15, 0.2) is 0 Å². The Balaban J connectivity index is 2.88. The summed E-state index contributed by atoms with van der Waals surface area (Å²) in [6.45, 7) is 0.212. The summed E-state index contributed by atoms with van der Waals surface area (Å²) in [5.41, 5.74) is 0. The predicted octanol–water partition coefficient (Wildman–Crippen LogP) is 1.64. The van der Waals surface area contributed by atoms with E-state index in [0.717, 1.165) is 0 Å². The highest BCUT2D eigenvalue weighted by Gasteiger charge is 2.15. The molecule has 0 radical (unpaired) electrons. The van der Waals surface area contributed by atoms with Crippen LogP contribution >= 0.6 is 11.6 Å². The van der Waals surface area contributed by atoms with Gasteiger partial charge in [0.05, 0.1) is 5.02 Å². The van der Waals surface area contributed by atoms with Crippen molar-refractivity contribution in [2.24, 2.45) is 0 Å². The van der Waals surface area contributed by atoms with Crippen molar-refractivity contribution in [2.45, 2.75) is 11.3 Å². The number of rotatable bonds is 4. The zero-order chi connectivity index (χ0) is 11.3. The first-order chi connectivity index (χ1) is 7.08. The van der Waals surface area contributed by atoms with Crippen molar-refractivity contribution >= 4 is 21.6 Å². The molecule has 0 heterocycles. The largest absolute Gasteiger partial charge is 0.242 e. The van der Waals surface area contributed by atoms with E-state index in [-0.39, 0.29) is 16.5 Å². The van der Waals surface area contributed by atoms with E-state index in [4.69, 9.17) is 18.0 Å². The molecule has 0 aromatic heterocycles. The lowest BCUT2D eigenvalue weighted by atomic mass is 10.4. The van der Waals surface area contributed by atoms with Crippen LogP contribution in [0.4, 0.5) is 0 Å². The van der Waals surface area contributed by atoms with E-state index in [1.165, 1.54) is 12.1 Å². The highest BCUT2D eigenvalue weighted by molar-refractivity contribution is 7.89. The zero-order valence-electron chi connectivity index (χ0n) is 7.90. The molecule has 1 N–H and O–H groups in total. The fourth-order valence-corrected chi connectivity index (χ4v) is 2.55. The molecule has 0 aliphatic carbocycles. The number of hydrogen-bond donors (Lipinski definition) is 1. The Kier molecular flexibility index (Phi) is 4.15. The fourth-order valence-electron chi connectivity index (χ4n) is 0.998. The number of nitrogens with one attached hydrogen (secondary N) is 1. The van der Waals surface area contributed by atoms with Gasteiger partial charge in [0.1, 0.15) is 4.90 Å². The van der Waals surface area contributed by atoms with Gasteiger partial charge in [-0.2, -0.15) is 0 Å². The van der Waals surface area contributed by atoms with Gasteiger partial charge in [-0.15, -0.1) is 12.3 Å². The number of hydrogen-bond acceptors (Lipinski definition) is 2. The molecule has 80 valence electrons. The van der Waals surface area contributed by atoms with Gasteiger partial charge < -0.3 is 0 Å². The predicted molar refractivity (Wildman–Crippen MR) is 60.1 cm³/mol. The van der Waals surface area contributed by atoms with E-state index in [2.05, 4.69) is 10.6 Å². The average molecular weight is 244 g/mol. The van der Waals surface area contributed by atoms with Gasteiger partial charge in [0.25, 0.3) is 0 Å². The molecule has 0 saturated carbocycles. The Morgan fingerprint density at radius 2 is 2.07 bits per heavy atom. The van der Waals surface area contributed by atoms with E-state index in [0.29, 0.717) is 6.42 Å². The van der Waals surface area contributed by atoms with Crippen LogP contribution in [-0.4, -0.2) is 15.0 Å². The lowest BCUT2D eigenvalue weighted by molar-refractivity contribution is 0.582. The van der Waals surface area contributed by atoms with Crippen LogP contribution in [0, 0.1) is 12.3 Å². The first-order valence-electron chi connectivity index (χ1n) is 4.25. The SMILES string of the molecule is C#CCCNS(=O)(=O)c1ccccc1Cl. The van der Waals surface area contributed by atoms with Crippen LogP contribution < -0.4 is 4.72 Å². The molecule has 15 heavy (non-hydrogen) atoms. The first kappa shape index (κ1) is 12.1. The molecule has 1 aromatic carbocycles. The van der Waals surface area contributed by atoms with Gasteiger partial charge in [-0.05, 0) is 12.1 Å². The zero-order valence-corrected chi connectivity index (χ0v) is 9.48. The van der Waals surface area contributed by atoms with Crippen molar-refractivity contribution in [1.82, 2.24) is 4.72 Å². The number of sulfonamides is 1. The normalized spacial score (nSPS) is 10.9. The van der Waals surface area contributed by atoms with Gasteiger partial charge in [-0.25, -0.2) is 13.1 Å². The van der Waals surface area contributed by atoms with Gasteiger partial charge in [-0.3, -0.25) is 0 Å². The summed E-state index contributed by atoms with van der Waals surface area (Å²) in [5, 5.41) is 0.200. The first-order valence-corrected chi connectivity index (χ1v) is 6.11. The molecule has 0 aliphatic rings. The van der Waals surface area contributed by atoms with E-state index >= 15 is 0 Å². The summed E-state index contributed by atoms with van der Waals surface area (Å²) < 4.78 is 25.7. The quantitative estimate of drug-likeness (QED) is 0.646. The number of halogens is 1. The molecule has 0 spiro atoms. The Morgan fingerprint density at radius 3 is 2.67 bits per heavy atom. The van der Waals surface area contributed by atoms with Crippen molar-refractivity contribution in [3.63, 3.8) is 0 Å². The Labute approximate surface area is 94.5 Å². The van der Waals surface area contributed by atoms with E-state index in [1.54, 1.807) is 12.1 Å². The molecule has 0 amide bonds. The monoisotopic (exact) mass is 243 g/mol. The van der Waals surface area contributed by atoms with Crippen LogP contribution in [0.15, 0.2) is 29.2 Å². The summed E-state index contributed by atoms with van der Waals surface area (Å²) in [7, 11) is -3.54. The van der Waals surface area contributed by atoms with Crippen LogP contribution in [0.3, 0.4) is 0 Å². The number of benzene rings is 1. The lowest BCUT2D eigenvalue weighted by Gasteiger charge is -2.06. The van der Waals surface area contributed by atoms with Gasteiger partial charge in [-0.1, -0.05) is 23.7 Å². The Morgan fingerprint density at radius 1 is 1.40 bits per heavy atom. The summed E-state index contributed by atoms with van der Waals surface area (Å²) in [6, 6.07) is 6.25. The highest BCUT2D eigenvalue weighted by atomic mass is 35.5. The van der Waals surface area contributed by atoms with Crippen LogP contribution in [0.5, 0.6) is 0 Å². The van der Waals surface area contributed by atoms with Crippen molar-refractivity contribution in [3.8, 4) is 12.3 Å². The summed E-state index contributed by atoms with van der Waals surface area (Å²) in [5.74, 6) is 2.35. The minimum Gasteiger partial charge on any atom is -0.210 e. The maximum absolute atomic E-state index is 11.7. The molecule has 0 atom stereocenters. The second-order valence-electron chi connectivity index (χ2n) is 2.78. The third kappa shape index (κ3) is 3.24. The van der Waals surface area contributed by atoms with Crippen LogP contribution in [0.1, 0.15) is 6.42 Å². The third-order valence-corrected chi connectivity index (χ3v) is 3.65. The van der Waals surface area contributed by atoms with Crippen molar-refractivity contribution in [1.29, 1.82) is 0 Å². The van der Waals surface area contributed by atoms with Crippen molar-refractivity contribution in [2.75, 3.05) is 6.54 Å². The molecule has 0 fully saturated rings. The molecule has 5 heteroatoms. The maximum Gasteiger partial charge on any atom is 0.242 e. The molecule has 0 saturated heterocycles. The van der Waals surface area contributed by atoms with Crippen molar-refractivity contribution < 1.29 is 8.42 Å². The van der Waals surface area contributed by atoms with Gasteiger partial charge >= 0.3 is 0 Å².